The summed E-state index contributed by atoms with van der Waals surface area (Å²) in [6.07, 6.45) is 0.757. The summed E-state index contributed by atoms with van der Waals surface area (Å²) < 4.78 is 3.06. The Labute approximate surface area is 184 Å². The fourth-order valence-corrected chi connectivity index (χ4v) is 4.09. The van der Waals surface area contributed by atoms with Crippen LogP contribution in [0.15, 0.2) is 95.5 Å². The lowest BCUT2D eigenvalue weighted by atomic mass is 10.0. The number of benzene rings is 3. The average Bonchev–Trinajstić information content (AvgIpc) is 3.12. The number of fused-ring (bicyclic) bond motifs is 1. The molecule has 0 aliphatic carbocycles. The first-order valence-corrected chi connectivity index (χ1v) is 10.7. The van der Waals surface area contributed by atoms with Gasteiger partial charge in [0.05, 0.1) is 17.0 Å². The Morgan fingerprint density at radius 1 is 0.800 bits per heavy atom. The Bertz CT molecular complexity index is 1310. The minimum atomic E-state index is 0.757. The zero-order chi connectivity index (χ0) is 20.5. The fourth-order valence-electron chi connectivity index (χ4n) is 3.82. The van der Waals surface area contributed by atoms with Crippen LogP contribution in [0.4, 0.5) is 0 Å². The average molecular weight is 454 g/mol. The molecule has 5 aromatic rings. The second kappa shape index (κ2) is 7.88. The number of nitrogens with zero attached hydrogens (tertiary/aromatic N) is 3. The zero-order valence-corrected chi connectivity index (χ0v) is 18.2. The number of rotatable bonds is 4. The summed E-state index contributed by atoms with van der Waals surface area (Å²) in [5.74, 6) is 0. The van der Waals surface area contributed by atoms with Crippen molar-refractivity contribution >= 4 is 21.6 Å². The van der Waals surface area contributed by atoms with Crippen molar-refractivity contribution in [1.82, 2.24) is 14.6 Å². The van der Waals surface area contributed by atoms with Crippen molar-refractivity contribution in [2.75, 3.05) is 0 Å². The molecule has 0 bridgehead atoms. The lowest BCUT2D eigenvalue weighted by Gasteiger charge is -2.07. The van der Waals surface area contributed by atoms with Crippen LogP contribution in [0, 0.1) is 6.92 Å². The summed E-state index contributed by atoms with van der Waals surface area (Å²) in [5.41, 5.74) is 8.53. The van der Waals surface area contributed by atoms with Crippen LogP contribution in [0.3, 0.4) is 0 Å². The highest BCUT2D eigenvalue weighted by Crippen LogP contribution is 2.32. The molecule has 30 heavy (non-hydrogen) atoms. The second-order valence-electron chi connectivity index (χ2n) is 7.38. The quantitative estimate of drug-likeness (QED) is 0.302. The van der Waals surface area contributed by atoms with Gasteiger partial charge in [-0.15, -0.1) is 0 Å². The number of aryl methyl sites for hydroxylation is 1. The molecule has 0 amide bonds. The van der Waals surface area contributed by atoms with Gasteiger partial charge in [-0.05, 0) is 36.2 Å². The molecule has 0 atom stereocenters. The van der Waals surface area contributed by atoms with Crippen molar-refractivity contribution in [3.8, 4) is 22.4 Å². The van der Waals surface area contributed by atoms with Crippen molar-refractivity contribution in [2.45, 2.75) is 13.3 Å². The number of hydrogen-bond donors (Lipinski definition) is 0. The van der Waals surface area contributed by atoms with Crippen molar-refractivity contribution < 1.29 is 0 Å². The monoisotopic (exact) mass is 453 g/mol. The van der Waals surface area contributed by atoms with Gasteiger partial charge in [-0.25, -0.2) is 9.50 Å². The molecule has 2 heterocycles. The molecule has 4 heteroatoms. The maximum atomic E-state index is 5.07. The zero-order valence-electron chi connectivity index (χ0n) is 16.6. The van der Waals surface area contributed by atoms with Gasteiger partial charge in [0.15, 0.2) is 5.65 Å². The van der Waals surface area contributed by atoms with Gasteiger partial charge in [0, 0.05) is 22.2 Å². The van der Waals surface area contributed by atoms with Crippen LogP contribution < -0.4 is 0 Å². The Morgan fingerprint density at radius 2 is 1.47 bits per heavy atom. The van der Waals surface area contributed by atoms with Gasteiger partial charge in [-0.1, -0.05) is 88.7 Å². The minimum Gasteiger partial charge on any atom is -0.233 e. The summed E-state index contributed by atoms with van der Waals surface area (Å²) in [6.45, 7) is 2.04. The molecule has 5 rings (SSSR count). The van der Waals surface area contributed by atoms with Crippen LogP contribution in [-0.4, -0.2) is 14.6 Å². The second-order valence-corrected chi connectivity index (χ2v) is 8.29. The molecule has 0 aliphatic heterocycles. The van der Waals surface area contributed by atoms with E-state index in [0.717, 1.165) is 50.3 Å². The summed E-state index contributed by atoms with van der Waals surface area (Å²) in [7, 11) is 0. The van der Waals surface area contributed by atoms with Crippen LogP contribution in [0.25, 0.3) is 28.0 Å². The van der Waals surface area contributed by atoms with Crippen LogP contribution in [0.5, 0.6) is 0 Å². The molecule has 146 valence electrons. The lowest BCUT2D eigenvalue weighted by Crippen LogP contribution is -1.98. The summed E-state index contributed by atoms with van der Waals surface area (Å²) in [4.78, 5) is 4.91. The van der Waals surface area contributed by atoms with E-state index in [2.05, 4.69) is 94.8 Å². The van der Waals surface area contributed by atoms with Crippen molar-refractivity contribution in [1.29, 1.82) is 0 Å². The topological polar surface area (TPSA) is 30.2 Å². The highest BCUT2D eigenvalue weighted by atomic mass is 79.9. The van der Waals surface area contributed by atoms with E-state index in [0.29, 0.717) is 0 Å². The van der Waals surface area contributed by atoms with E-state index in [1.165, 1.54) is 5.56 Å². The Kier molecular flexibility index (Phi) is 4.93. The highest BCUT2D eigenvalue weighted by Gasteiger charge is 2.19. The van der Waals surface area contributed by atoms with Crippen molar-refractivity contribution in [2.24, 2.45) is 0 Å². The van der Waals surface area contributed by atoms with Crippen LogP contribution in [-0.2, 0) is 6.42 Å². The molecule has 0 fully saturated rings. The largest absolute Gasteiger partial charge is 0.233 e. The maximum absolute atomic E-state index is 5.07. The number of hydrogen-bond acceptors (Lipinski definition) is 2. The molecule has 3 aromatic carbocycles. The normalized spacial score (nSPS) is 11.1. The van der Waals surface area contributed by atoms with Gasteiger partial charge >= 0.3 is 0 Å². The standard InChI is InChI=1S/C26H20BrN3/c1-18-16-24(20-12-14-22(27)15-13-20)30-26(28-18)25(21-10-6-3-7-11-21)23(29-30)17-19-8-4-2-5-9-19/h2-16H,17H2,1H3. The fraction of sp³-hybridized carbons (Fsp3) is 0.0769. The Morgan fingerprint density at radius 3 is 2.17 bits per heavy atom. The van der Waals surface area contributed by atoms with Gasteiger partial charge in [-0.2, -0.15) is 5.10 Å². The molecule has 0 unspecified atom stereocenters. The minimum absolute atomic E-state index is 0.757. The van der Waals surface area contributed by atoms with E-state index in [-0.39, 0.29) is 0 Å². The van der Waals surface area contributed by atoms with E-state index < -0.39 is 0 Å². The van der Waals surface area contributed by atoms with Gasteiger partial charge in [0.1, 0.15) is 0 Å². The number of aromatic nitrogens is 3. The molecular formula is C26H20BrN3. The smallest absolute Gasteiger partial charge is 0.164 e. The van der Waals surface area contributed by atoms with E-state index in [1.54, 1.807) is 0 Å². The van der Waals surface area contributed by atoms with Gasteiger partial charge in [0.25, 0.3) is 0 Å². The first kappa shape index (κ1) is 18.8. The van der Waals surface area contributed by atoms with Gasteiger partial charge < -0.3 is 0 Å². The molecule has 0 saturated heterocycles. The predicted octanol–water partition coefficient (Wildman–Crippen LogP) is 6.73. The Balaban J connectivity index is 1.78. The molecule has 3 nitrogen and oxygen atoms in total. The van der Waals surface area contributed by atoms with Crippen LogP contribution in [0.1, 0.15) is 17.0 Å². The predicted molar refractivity (Wildman–Crippen MR) is 126 cm³/mol. The summed E-state index contributed by atoms with van der Waals surface area (Å²) in [5, 5.41) is 5.07. The summed E-state index contributed by atoms with van der Waals surface area (Å²) in [6, 6.07) is 31.4. The first-order chi connectivity index (χ1) is 14.7. The van der Waals surface area contributed by atoms with Crippen molar-refractivity contribution in [3.05, 3.63) is 112 Å². The molecule has 0 aliphatic rings. The molecule has 0 radical (unpaired) electrons. The van der Waals surface area contributed by atoms with Crippen LogP contribution in [0.2, 0.25) is 0 Å². The highest BCUT2D eigenvalue weighted by molar-refractivity contribution is 9.10. The number of halogens is 1. The van der Waals surface area contributed by atoms with E-state index in [9.17, 15) is 0 Å². The van der Waals surface area contributed by atoms with E-state index in [4.69, 9.17) is 10.1 Å². The third-order valence-electron chi connectivity index (χ3n) is 5.21. The van der Waals surface area contributed by atoms with E-state index >= 15 is 0 Å². The van der Waals surface area contributed by atoms with Crippen molar-refractivity contribution in [3.63, 3.8) is 0 Å². The molecule has 2 aromatic heterocycles. The third-order valence-corrected chi connectivity index (χ3v) is 5.74. The summed E-state index contributed by atoms with van der Waals surface area (Å²) >= 11 is 3.53. The van der Waals surface area contributed by atoms with Crippen LogP contribution >= 0.6 is 15.9 Å². The molecule has 0 N–H and O–H groups in total. The molecular weight excluding hydrogens is 434 g/mol. The SMILES string of the molecule is Cc1cc(-c2ccc(Br)cc2)n2nc(Cc3ccccc3)c(-c3ccccc3)c2n1. The first-order valence-electron chi connectivity index (χ1n) is 9.93. The lowest BCUT2D eigenvalue weighted by molar-refractivity contribution is 0.898. The van der Waals surface area contributed by atoms with E-state index in [1.807, 2.05) is 23.6 Å². The Hall–Kier alpha value is -3.24. The molecule has 0 spiro atoms. The third kappa shape index (κ3) is 3.55. The van der Waals surface area contributed by atoms with Gasteiger partial charge in [0.2, 0.25) is 0 Å². The maximum Gasteiger partial charge on any atom is 0.164 e. The molecule has 0 saturated carbocycles. The van der Waals surface area contributed by atoms with Gasteiger partial charge in [-0.3, -0.25) is 0 Å².